The third-order valence-electron chi connectivity index (χ3n) is 4.49. The molecule has 3 aromatic rings. The van der Waals surface area contributed by atoms with Gasteiger partial charge in [0.1, 0.15) is 11.5 Å². The molecule has 0 aliphatic carbocycles. The number of ether oxygens (including phenoxy) is 2. The van der Waals surface area contributed by atoms with Crippen molar-refractivity contribution in [1.82, 2.24) is 0 Å². The fourth-order valence-electron chi connectivity index (χ4n) is 3.16. The van der Waals surface area contributed by atoms with E-state index in [0.717, 1.165) is 17.3 Å². The van der Waals surface area contributed by atoms with E-state index in [9.17, 15) is 4.79 Å². The molecular formula is C21H12Cl2N2O4S. The Morgan fingerprint density at radius 2 is 1.77 bits per heavy atom. The smallest absolute Gasteiger partial charge is 0.271 e. The van der Waals surface area contributed by atoms with Gasteiger partial charge in [-0.25, -0.2) is 0 Å². The van der Waals surface area contributed by atoms with Gasteiger partial charge in [0.2, 0.25) is 6.79 Å². The van der Waals surface area contributed by atoms with Gasteiger partial charge in [-0.05, 0) is 54.2 Å². The highest BCUT2D eigenvalue weighted by Gasteiger charge is 2.34. The molecule has 1 aromatic heterocycles. The van der Waals surface area contributed by atoms with Gasteiger partial charge in [-0.1, -0.05) is 23.2 Å². The van der Waals surface area contributed by atoms with E-state index in [4.69, 9.17) is 42.5 Å². The number of amides is 1. The third-order valence-corrected chi connectivity index (χ3v) is 5.81. The van der Waals surface area contributed by atoms with Crippen LogP contribution in [-0.4, -0.2) is 17.9 Å². The Hall–Kier alpha value is -2.87. The van der Waals surface area contributed by atoms with Crippen LogP contribution in [0.3, 0.4) is 0 Å². The summed E-state index contributed by atoms with van der Waals surface area (Å²) in [5.74, 6) is 1.91. The monoisotopic (exact) mass is 458 g/mol. The summed E-state index contributed by atoms with van der Waals surface area (Å²) in [6.45, 7) is 0.142. The van der Waals surface area contributed by atoms with Crippen molar-refractivity contribution >= 4 is 57.8 Å². The summed E-state index contributed by atoms with van der Waals surface area (Å²) in [6.07, 6.45) is 1.62. The predicted molar refractivity (Wildman–Crippen MR) is 118 cm³/mol. The van der Waals surface area contributed by atoms with Crippen LogP contribution in [0, 0.1) is 5.41 Å². The minimum absolute atomic E-state index is 0.0958. The Balaban J connectivity index is 1.42. The van der Waals surface area contributed by atoms with Crippen LogP contribution < -0.4 is 14.4 Å². The maximum Gasteiger partial charge on any atom is 0.271 e. The zero-order chi connectivity index (χ0) is 20.8. The highest BCUT2D eigenvalue weighted by molar-refractivity contribution is 8.19. The molecule has 0 radical (unpaired) electrons. The highest BCUT2D eigenvalue weighted by Crippen LogP contribution is 2.40. The fourth-order valence-corrected chi connectivity index (χ4v) is 4.52. The predicted octanol–water partition coefficient (Wildman–Crippen LogP) is 6.04. The third kappa shape index (κ3) is 3.45. The van der Waals surface area contributed by atoms with Crippen LogP contribution in [0.4, 0.5) is 5.69 Å². The van der Waals surface area contributed by atoms with Gasteiger partial charge in [-0.3, -0.25) is 15.1 Å². The van der Waals surface area contributed by atoms with Crippen LogP contribution in [0.5, 0.6) is 11.5 Å². The number of carbonyl (C=O) groups is 1. The number of hydrogen-bond donors (Lipinski definition) is 1. The number of furan rings is 1. The minimum atomic E-state index is -0.312. The molecule has 30 heavy (non-hydrogen) atoms. The van der Waals surface area contributed by atoms with E-state index in [2.05, 4.69) is 0 Å². The first-order valence-electron chi connectivity index (χ1n) is 8.76. The van der Waals surface area contributed by atoms with Gasteiger partial charge >= 0.3 is 0 Å². The fraction of sp³-hybridized carbons (Fsp3) is 0.0476. The van der Waals surface area contributed by atoms with Gasteiger partial charge < -0.3 is 13.9 Å². The molecule has 3 heterocycles. The normalized spacial score (nSPS) is 16.7. The van der Waals surface area contributed by atoms with E-state index >= 15 is 0 Å². The number of anilines is 1. The summed E-state index contributed by atoms with van der Waals surface area (Å²) in [6, 6.07) is 13.8. The van der Waals surface area contributed by atoms with Crippen molar-refractivity contribution in [1.29, 1.82) is 5.41 Å². The number of halogens is 2. The van der Waals surface area contributed by atoms with Gasteiger partial charge in [-0.2, -0.15) is 0 Å². The average molecular weight is 459 g/mol. The quantitative estimate of drug-likeness (QED) is 0.484. The first kappa shape index (κ1) is 19.1. The van der Waals surface area contributed by atoms with Gasteiger partial charge in [0.05, 0.1) is 10.6 Å². The molecule has 2 aliphatic rings. The number of fused-ring (bicyclic) bond motifs is 1. The molecule has 0 unspecified atom stereocenters. The molecule has 0 saturated carbocycles. The topological polar surface area (TPSA) is 75.8 Å². The van der Waals surface area contributed by atoms with Crippen molar-refractivity contribution in [2.75, 3.05) is 11.7 Å². The van der Waals surface area contributed by atoms with Crippen LogP contribution in [-0.2, 0) is 4.79 Å². The molecule has 1 saturated heterocycles. The number of amidine groups is 1. The highest BCUT2D eigenvalue weighted by atomic mass is 35.5. The largest absolute Gasteiger partial charge is 0.457 e. The molecule has 0 spiro atoms. The number of rotatable bonds is 3. The van der Waals surface area contributed by atoms with Crippen molar-refractivity contribution < 1.29 is 18.7 Å². The number of nitrogens with one attached hydrogen (secondary N) is 1. The standard InChI is InChI=1S/C21H12Cl2N2O4S/c22-12-5-11(6-13(23)7-12)16-4-2-15(29-16)9-19-20(26)25(21(24)30-19)14-1-3-17-18(8-14)28-10-27-17/h1-9,24H,10H2/b19-9-,24-21?. The average Bonchev–Trinajstić information content (AvgIpc) is 3.41. The molecule has 9 heteroatoms. The summed E-state index contributed by atoms with van der Waals surface area (Å²) >= 11 is 13.2. The second kappa shape index (κ2) is 7.43. The second-order valence-electron chi connectivity index (χ2n) is 6.45. The molecular weight excluding hydrogens is 447 g/mol. The van der Waals surface area contributed by atoms with E-state index in [1.165, 1.54) is 4.90 Å². The molecule has 5 rings (SSSR count). The first-order chi connectivity index (χ1) is 14.5. The number of benzene rings is 2. The summed E-state index contributed by atoms with van der Waals surface area (Å²) < 4.78 is 16.5. The van der Waals surface area contributed by atoms with Crippen molar-refractivity contribution in [2.45, 2.75) is 0 Å². The Kier molecular flexibility index (Phi) is 4.73. The summed E-state index contributed by atoms with van der Waals surface area (Å²) in [4.78, 5) is 14.6. The van der Waals surface area contributed by atoms with Gasteiger partial charge in [-0.15, -0.1) is 0 Å². The second-order valence-corrected chi connectivity index (χ2v) is 8.36. The maximum atomic E-state index is 12.9. The molecule has 1 fully saturated rings. The first-order valence-corrected chi connectivity index (χ1v) is 10.3. The molecule has 150 valence electrons. The Bertz CT molecular complexity index is 1220. The Morgan fingerprint density at radius 1 is 1.00 bits per heavy atom. The maximum absolute atomic E-state index is 12.9. The number of nitrogens with zero attached hydrogens (tertiary/aromatic N) is 1. The van der Waals surface area contributed by atoms with E-state index in [1.54, 1.807) is 54.6 Å². The van der Waals surface area contributed by atoms with E-state index < -0.39 is 0 Å². The van der Waals surface area contributed by atoms with Crippen molar-refractivity contribution in [3.63, 3.8) is 0 Å². The van der Waals surface area contributed by atoms with Crippen LogP contribution in [0.2, 0.25) is 10.0 Å². The lowest BCUT2D eigenvalue weighted by Gasteiger charge is -2.14. The van der Waals surface area contributed by atoms with E-state index in [0.29, 0.717) is 43.7 Å². The molecule has 6 nitrogen and oxygen atoms in total. The van der Waals surface area contributed by atoms with E-state index in [-0.39, 0.29) is 17.9 Å². The lowest BCUT2D eigenvalue weighted by molar-refractivity contribution is -0.113. The zero-order valence-electron chi connectivity index (χ0n) is 15.1. The number of hydrogen-bond acceptors (Lipinski definition) is 6. The summed E-state index contributed by atoms with van der Waals surface area (Å²) in [5.41, 5.74) is 1.27. The lowest BCUT2D eigenvalue weighted by atomic mass is 10.2. The Morgan fingerprint density at radius 3 is 2.57 bits per heavy atom. The SMILES string of the molecule is N=C1S/C(=C\c2ccc(-c3cc(Cl)cc(Cl)c3)o2)C(=O)N1c1ccc2c(c1)OCO2. The zero-order valence-corrected chi connectivity index (χ0v) is 17.5. The number of thioether (sulfide) groups is 1. The van der Waals surface area contributed by atoms with Gasteiger partial charge in [0.25, 0.3) is 5.91 Å². The van der Waals surface area contributed by atoms with Crippen molar-refractivity contribution in [3.05, 3.63) is 69.2 Å². The Labute approximate surface area is 185 Å². The molecule has 2 aliphatic heterocycles. The lowest BCUT2D eigenvalue weighted by Crippen LogP contribution is -2.28. The van der Waals surface area contributed by atoms with Crippen LogP contribution >= 0.6 is 35.0 Å². The van der Waals surface area contributed by atoms with Crippen molar-refractivity contribution in [3.8, 4) is 22.8 Å². The van der Waals surface area contributed by atoms with E-state index in [1.807, 2.05) is 0 Å². The summed E-state index contributed by atoms with van der Waals surface area (Å²) in [7, 11) is 0. The molecule has 1 N–H and O–H groups in total. The van der Waals surface area contributed by atoms with Crippen molar-refractivity contribution in [2.24, 2.45) is 0 Å². The van der Waals surface area contributed by atoms with Gasteiger partial charge in [0, 0.05) is 27.8 Å². The van der Waals surface area contributed by atoms with Crippen LogP contribution in [0.15, 0.2) is 57.9 Å². The van der Waals surface area contributed by atoms with Crippen LogP contribution in [0.1, 0.15) is 5.76 Å². The van der Waals surface area contributed by atoms with Crippen LogP contribution in [0.25, 0.3) is 17.4 Å². The minimum Gasteiger partial charge on any atom is -0.457 e. The molecule has 0 atom stereocenters. The molecule has 1 amide bonds. The van der Waals surface area contributed by atoms with Gasteiger partial charge in [0.15, 0.2) is 16.7 Å². The summed E-state index contributed by atoms with van der Waals surface area (Å²) in [5, 5.41) is 9.35. The number of carbonyl (C=O) groups excluding carboxylic acids is 1. The molecule has 2 aromatic carbocycles. The molecule has 0 bridgehead atoms.